The lowest BCUT2D eigenvalue weighted by Gasteiger charge is -2.44. The van der Waals surface area contributed by atoms with Gasteiger partial charge >= 0.3 is 0 Å². The third-order valence-electron chi connectivity index (χ3n) is 6.65. The summed E-state index contributed by atoms with van der Waals surface area (Å²) < 4.78 is 0. The van der Waals surface area contributed by atoms with Gasteiger partial charge < -0.3 is 0 Å². The molecule has 0 N–H and O–H groups in total. The van der Waals surface area contributed by atoms with Gasteiger partial charge in [0, 0.05) is 0 Å². The molecule has 5 atom stereocenters. The van der Waals surface area contributed by atoms with E-state index in [0.717, 1.165) is 42.4 Å². The Morgan fingerprint density at radius 1 is 0.957 bits per heavy atom. The summed E-state index contributed by atoms with van der Waals surface area (Å²) in [6.07, 6.45) is 7.60. The molecule has 1 saturated carbocycles. The van der Waals surface area contributed by atoms with Crippen molar-refractivity contribution < 1.29 is 0 Å². The predicted octanol–water partition coefficient (Wildman–Crippen LogP) is 7.66. The van der Waals surface area contributed by atoms with Gasteiger partial charge in [0.25, 0.3) is 0 Å². The summed E-state index contributed by atoms with van der Waals surface area (Å²) in [5.74, 6) is 4.45. The van der Waals surface area contributed by atoms with Crippen molar-refractivity contribution in [3.8, 4) is 0 Å². The molecule has 0 saturated heterocycles. The first-order chi connectivity index (χ1) is 10.6. The Kier molecular flexibility index (Phi) is 7.62. The fraction of sp³-hybridized carbons (Fsp3) is 0.826. The summed E-state index contributed by atoms with van der Waals surface area (Å²) in [6.45, 7) is 25.2. The Morgan fingerprint density at radius 2 is 1.52 bits per heavy atom. The van der Waals surface area contributed by atoms with Crippen LogP contribution in [0, 0.1) is 35.0 Å². The lowest BCUT2D eigenvalue weighted by Crippen LogP contribution is -2.36. The van der Waals surface area contributed by atoms with E-state index in [-0.39, 0.29) is 0 Å². The molecule has 0 aromatic carbocycles. The minimum absolute atomic E-state index is 0.314. The van der Waals surface area contributed by atoms with Gasteiger partial charge in [-0.25, -0.2) is 0 Å². The monoisotopic (exact) mass is 318 g/mol. The van der Waals surface area contributed by atoms with Gasteiger partial charge in [0.1, 0.15) is 0 Å². The standard InChI is InChI=1S/C23H42/c1-10-21-13-22(20(7)18(5)19(21)6)12-11-17(4)15-23(8,9)14-16(2)3/h18-22H,2,4,10-15H2,1,3,5-9H3. The first-order valence-electron chi connectivity index (χ1n) is 9.88. The summed E-state index contributed by atoms with van der Waals surface area (Å²) in [5, 5.41) is 0. The SMILES string of the molecule is C=C(C)CC(C)(C)CC(=C)CCC1CC(CC)C(C)C(C)C1C. The average molecular weight is 319 g/mol. The molecule has 1 fully saturated rings. The molecule has 0 heterocycles. The summed E-state index contributed by atoms with van der Waals surface area (Å²) >= 11 is 0. The van der Waals surface area contributed by atoms with Crippen LogP contribution in [0.15, 0.2) is 24.3 Å². The van der Waals surface area contributed by atoms with Crippen molar-refractivity contribution in [1.82, 2.24) is 0 Å². The average Bonchev–Trinajstić information content (AvgIpc) is 2.42. The number of hydrogen-bond acceptors (Lipinski definition) is 0. The van der Waals surface area contributed by atoms with Crippen LogP contribution >= 0.6 is 0 Å². The van der Waals surface area contributed by atoms with Crippen LogP contribution < -0.4 is 0 Å². The number of allylic oxidation sites excluding steroid dienone is 2. The molecule has 0 bridgehead atoms. The van der Waals surface area contributed by atoms with Gasteiger partial charge in [-0.05, 0) is 74.0 Å². The minimum Gasteiger partial charge on any atom is -0.100 e. The van der Waals surface area contributed by atoms with Crippen LogP contribution in [-0.4, -0.2) is 0 Å². The fourth-order valence-electron chi connectivity index (χ4n) is 5.11. The smallest absolute Gasteiger partial charge is 0.0268 e. The summed E-state index contributed by atoms with van der Waals surface area (Å²) in [6, 6.07) is 0. The molecule has 0 amide bonds. The first-order valence-corrected chi connectivity index (χ1v) is 9.88. The van der Waals surface area contributed by atoms with Crippen LogP contribution in [-0.2, 0) is 0 Å². The Hall–Kier alpha value is -0.520. The first kappa shape index (κ1) is 20.5. The molecule has 23 heavy (non-hydrogen) atoms. The maximum Gasteiger partial charge on any atom is -0.0268 e. The zero-order valence-corrected chi connectivity index (χ0v) is 17.0. The van der Waals surface area contributed by atoms with Crippen molar-refractivity contribution >= 4 is 0 Å². The second-order valence-corrected chi connectivity index (χ2v) is 9.51. The Labute approximate surface area is 146 Å². The van der Waals surface area contributed by atoms with Crippen LogP contribution in [0.4, 0.5) is 0 Å². The van der Waals surface area contributed by atoms with Crippen LogP contribution in [0.5, 0.6) is 0 Å². The van der Waals surface area contributed by atoms with E-state index in [0.29, 0.717) is 5.41 Å². The molecule has 0 spiro atoms. The largest absolute Gasteiger partial charge is 0.100 e. The zero-order chi connectivity index (χ0) is 17.8. The van der Waals surface area contributed by atoms with E-state index in [1.807, 2.05) is 0 Å². The number of rotatable bonds is 8. The highest BCUT2D eigenvalue weighted by molar-refractivity contribution is 5.03. The van der Waals surface area contributed by atoms with Gasteiger partial charge in [0.15, 0.2) is 0 Å². The molecule has 1 rings (SSSR count). The molecule has 5 unspecified atom stereocenters. The molecule has 0 aliphatic heterocycles. The maximum absolute atomic E-state index is 4.40. The normalized spacial score (nSPS) is 31.9. The third kappa shape index (κ3) is 6.12. The van der Waals surface area contributed by atoms with E-state index in [4.69, 9.17) is 0 Å². The lowest BCUT2D eigenvalue weighted by molar-refractivity contribution is 0.0601. The molecule has 0 heteroatoms. The minimum atomic E-state index is 0.314. The van der Waals surface area contributed by atoms with Gasteiger partial charge in [-0.3, -0.25) is 0 Å². The van der Waals surface area contributed by atoms with Crippen LogP contribution in [0.1, 0.15) is 87.0 Å². The summed E-state index contributed by atoms with van der Waals surface area (Å²) in [4.78, 5) is 0. The molecular weight excluding hydrogens is 276 g/mol. The van der Waals surface area contributed by atoms with E-state index in [2.05, 4.69) is 61.6 Å². The highest BCUT2D eigenvalue weighted by Gasteiger charge is 2.36. The fourth-order valence-corrected chi connectivity index (χ4v) is 5.11. The molecule has 0 radical (unpaired) electrons. The predicted molar refractivity (Wildman–Crippen MR) is 106 cm³/mol. The summed E-state index contributed by atoms with van der Waals surface area (Å²) in [7, 11) is 0. The van der Waals surface area contributed by atoms with Crippen molar-refractivity contribution in [3.05, 3.63) is 24.3 Å². The quantitative estimate of drug-likeness (QED) is 0.403. The zero-order valence-electron chi connectivity index (χ0n) is 17.0. The van der Waals surface area contributed by atoms with Gasteiger partial charge in [-0.1, -0.05) is 65.7 Å². The van der Waals surface area contributed by atoms with Gasteiger partial charge in [0.2, 0.25) is 0 Å². The van der Waals surface area contributed by atoms with E-state index in [1.165, 1.54) is 36.8 Å². The second-order valence-electron chi connectivity index (χ2n) is 9.51. The lowest BCUT2D eigenvalue weighted by atomic mass is 9.62. The molecule has 0 aromatic rings. The molecular formula is C23H42. The molecule has 0 nitrogen and oxygen atoms in total. The number of hydrogen-bond donors (Lipinski definition) is 0. The summed E-state index contributed by atoms with van der Waals surface area (Å²) in [5.41, 5.74) is 3.05. The highest BCUT2D eigenvalue weighted by Crippen LogP contribution is 2.45. The topological polar surface area (TPSA) is 0 Å². The Balaban J connectivity index is 2.53. The molecule has 134 valence electrons. The van der Waals surface area contributed by atoms with Crippen LogP contribution in [0.25, 0.3) is 0 Å². The van der Waals surface area contributed by atoms with Crippen molar-refractivity contribution in [2.24, 2.45) is 35.0 Å². The van der Waals surface area contributed by atoms with E-state index >= 15 is 0 Å². The molecule has 1 aliphatic rings. The Bertz CT molecular complexity index is 398. The van der Waals surface area contributed by atoms with Gasteiger partial charge in [-0.15, -0.1) is 6.58 Å². The van der Waals surface area contributed by atoms with E-state index < -0.39 is 0 Å². The molecule has 1 aliphatic carbocycles. The highest BCUT2D eigenvalue weighted by atomic mass is 14.4. The van der Waals surface area contributed by atoms with Crippen molar-refractivity contribution in [2.75, 3.05) is 0 Å². The molecule has 0 aromatic heterocycles. The van der Waals surface area contributed by atoms with Gasteiger partial charge in [0.05, 0.1) is 0 Å². The third-order valence-corrected chi connectivity index (χ3v) is 6.65. The van der Waals surface area contributed by atoms with Crippen LogP contribution in [0.2, 0.25) is 0 Å². The van der Waals surface area contributed by atoms with E-state index in [9.17, 15) is 0 Å². The second kappa shape index (κ2) is 8.54. The van der Waals surface area contributed by atoms with Gasteiger partial charge in [-0.2, -0.15) is 0 Å². The van der Waals surface area contributed by atoms with Crippen molar-refractivity contribution in [3.63, 3.8) is 0 Å². The maximum atomic E-state index is 4.40. The van der Waals surface area contributed by atoms with Crippen molar-refractivity contribution in [1.29, 1.82) is 0 Å². The van der Waals surface area contributed by atoms with Crippen molar-refractivity contribution in [2.45, 2.75) is 87.0 Å². The van der Waals surface area contributed by atoms with E-state index in [1.54, 1.807) is 0 Å². The van der Waals surface area contributed by atoms with Crippen LogP contribution in [0.3, 0.4) is 0 Å². The Morgan fingerprint density at radius 3 is 2.04 bits per heavy atom.